The average Bonchev–Trinajstić information content (AvgIpc) is 3.07. The first kappa shape index (κ1) is 20.9. The van der Waals surface area contributed by atoms with Gasteiger partial charge in [0.25, 0.3) is 5.91 Å². The highest BCUT2D eigenvalue weighted by Crippen LogP contribution is 2.28. The molecule has 0 saturated carbocycles. The maximum atomic E-state index is 14.1. The summed E-state index contributed by atoms with van der Waals surface area (Å²) in [5, 5.41) is 3.91. The van der Waals surface area contributed by atoms with E-state index in [-0.39, 0.29) is 11.7 Å². The van der Waals surface area contributed by atoms with Gasteiger partial charge in [-0.3, -0.25) is 4.79 Å². The minimum Gasteiger partial charge on any atom is -0.356 e. The number of carbonyl (C=O) groups excluding carboxylic acids is 1. The molecule has 4 aromatic rings. The number of benzene rings is 3. The number of halogens is 1. The lowest BCUT2D eigenvalue weighted by Gasteiger charge is -2.09. The fourth-order valence-electron chi connectivity index (χ4n) is 4.31. The number of aromatic nitrogens is 1. The van der Waals surface area contributed by atoms with Gasteiger partial charge in [-0.25, -0.2) is 4.39 Å². The summed E-state index contributed by atoms with van der Waals surface area (Å²) in [5.41, 5.74) is 8.89. The highest BCUT2D eigenvalue weighted by atomic mass is 19.1. The second kappa shape index (κ2) is 8.38. The van der Waals surface area contributed by atoms with Gasteiger partial charge in [0.05, 0.1) is 5.52 Å². The number of fused-ring (bicyclic) bond motifs is 1. The van der Waals surface area contributed by atoms with E-state index in [9.17, 15) is 9.18 Å². The summed E-state index contributed by atoms with van der Waals surface area (Å²) in [5.74, 6) is -0.352. The van der Waals surface area contributed by atoms with Crippen molar-refractivity contribution < 1.29 is 9.18 Å². The Morgan fingerprint density at radius 2 is 1.58 bits per heavy atom. The van der Waals surface area contributed by atoms with Gasteiger partial charge in [0.15, 0.2) is 0 Å². The number of hydrogen-bond acceptors (Lipinski definition) is 1. The van der Waals surface area contributed by atoms with Gasteiger partial charge in [0.2, 0.25) is 0 Å². The molecular weight excluding hydrogens is 387 g/mol. The zero-order valence-electron chi connectivity index (χ0n) is 18.4. The predicted octanol–water partition coefficient (Wildman–Crippen LogP) is 6.18. The maximum Gasteiger partial charge on any atom is 0.251 e. The van der Waals surface area contributed by atoms with E-state index in [0.29, 0.717) is 24.0 Å². The number of rotatable bonds is 5. The summed E-state index contributed by atoms with van der Waals surface area (Å²) >= 11 is 0. The SMILES string of the molecule is Cc1cc(C)cc(-c2ccc(C(=O)NCCc3c(C)[nH]c4c(F)ccc(C)c34)cc2)c1. The molecule has 0 atom stereocenters. The summed E-state index contributed by atoms with van der Waals surface area (Å²) in [4.78, 5) is 15.8. The molecule has 0 spiro atoms. The van der Waals surface area contributed by atoms with Crippen LogP contribution >= 0.6 is 0 Å². The second-order valence-corrected chi connectivity index (χ2v) is 8.30. The first-order valence-electron chi connectivity index (χ1n) is 10.6. The van der Waals surface area contributed by atoms with Gasteiger partial charge in [-0.1, -0.05) is 47.5 Å². The monoisotopic (exact) mass is 414 g/mol. The van der Waals surface area contributed by atoms with Crippen LogP contribution in [-0.4, -0.2) is 17.4 Å². The van der Waals surface area contributed by atoms with Crippen molar-refractivity contribution in [2.45, 2.75) is 34.1 Å². The van der Waals surface area contributed by atoms with Crippen LogP contribution < -0.4 is 5.32 Å². The van der Waals surface area contributed by atoms with E-state index >= 15 is 0 Å². The van der Waals surface area contributed by atoms with Crippen molar-refractivity contribution in [1.82, 2.24) is 10.3 Å². The smallest absolute Gasteiger partial charge is 0.251 e. The van der Waals surface area contributed by atoms with E-state index in [2.05, 4.69) is 42.3 Å². The van der Waals surface area contributed by atoms with Crippen LogP contribution in [0, 0.1) is 33.5 Å². The third kappa shape index (κ3) is 4.24. The molecule has 0 fully saturated rings. The predicted molar refractivity (Wildman–Crippen MR) is 125 cm³/mol. The molecule has 3 nitrogen and oxygen atoms in total. The van der Waals surface area contributed by atoms with Crippen molar-refractivity contribution in [1.29, 1.82) is 0 Å². The molecule has 158 valence electrons. The van der Waals surface area contributed by atoms with Crippen LogP contribution in [-0.2, 0) is 6.42 Å². The van der Waals surface area contributed by atoms with E-state index in [1.807, 2.05) is 38.1 Å². The minimum absolute atomic E-state index is 0.104. The topological polar surface area (TPSA) is 44.9 Å². The molecule has 0 aliphatic rings. The number of carbonyl (C=O) groups is 1. The number of aromatic amines is 1. The average molecular weight is 415 g/mol. The summed E-state index contributed by atoms with van der Waals surface area (Å²) in [6.07, 6.45) is 0.641. The van der Waals surface area contributed by atoms with E-state index in [0.717, 1.165) is 33.3 Å². The highest BCUT2D eigenvalue weighted by molar-refractivity contribution is 5.95. The fourth-order valence-corrected chi connectivity index (χ4v) is 4.31. The summed E-state index contributed by atoms with van der Waals surface area (Å²) in [7, 11) is 0. The van der Waals surface area contributed by atoms with Crippen LogP contribution in [0.2, 0.25) is 0 Å². The van der Waals surface area contributed by atoms with Crippen LogP contribution in [0.5, 0.6) is 0 Å². The summed E-state index contributed by atoms with van der Waals surface area (Å²) < 4.78 is 14.1. The quantitative estimate of drug-likeness (QED) is 0.402. The van der Waals surface area contributed by atoms with Crippen LogP contribution in [0.3, 0.4) is 0 Å². The Hall–Kier alpha value is -3.40. The van der Waals surface area contributed by atoms with Crippen molar-refractivity contribution >= 4 is 16.8 Å². The van der Waals surface area contributed by atoms with Gasteiger partial charge in [0, 0.05) is 23.2 Å². The lowest BCUT2D eigenvalue weighted by Crippen LogP contribution is -2.25. The third-order valence-corrected chi connectivity index (χ3v) is 5.79. The number of aryl methyl sites for hydroxylation is 4. The number of hydrogen-bond donors (Lipinski definition) is 2. The largest absolute Gasteiger partial charge is 0.356 e. The molecule has 1 heterocycles. The number of H-pyrrole nitrogens is 1. The number of amides is 1. The lowest BCUT2D eigenvalue weighted by molar-refractivity contribution is 0.0954. The molecule has 0 bridgehead atoms. The fraction of sp³-hybridized carbons (Fsp3) is 0.222. The van der Waals surface area contributed by atoms with Gasteiger partial charge in [-0.15, -0.1) is 0 Å². The van der Waals surface area contributed by atoms with Gasteiger partial charge in [0.1, 0.15) is 5.82 Å². The van der Waals surface area contributed by atoms with E-state index in [1.165, 1.54) is 17.2 Å². The van der Waals surface area contributed by atoms with Crippen molar-refractivity contribution in [2.75, 3.05) is 6.54 Å². The molecule has 2 N–H and O–H groups in total. The van der Waals surface area contributed by atoms with E-state index < -0.39 is 0 Å². The molecule has 0 aliphatic carbocycles. The van der Waals surface area contributed by atoms with Crippen LogP contribution in [0.1, 0.15) is 38.3 Å². The lowest BCUT2D eigenvalue weighted by atomic mass is 9.99. The van der Waals surface area contributed by atoms with Crippen molar-refractivity contribution in [3.05, 3.63) is 93.9 Å². The molecule has 4 rings (SSSR count). The molecule has 1 amide bonds. The van der Waals surface area contributed by atoms with Gasteiger partial charge < -0.3 is 10.3 Å². The van der Waals surface area contributed by atoms with Gasteiger partial charge >= 0.3 is 0 Å². The molecule has 0 radical (unpaired) electrons. The van der Waals surface area contributed by atoms with E-state index in [1.54, 1.807) is 6.07 Å². The molecule has 1 aromatic heterocycles. The molecule has 0 unspecified atom stereocenters. The molecule has 3 aromatic carbocycles. The molecule has 4 heteroatoms. The number of nitrogens with one attached hydrogen (secondary N) is 2. The first-order valence-corrected chi connectivity index (χ1v) is 10.6. The van der Waals surface area contributed by atoms with Gasteiger partial charge in [-0.2, -0.15) is 0 Å². The first-order chi connectivity index (χ1) is 14.8. The Labute approximate surface area is 182 Å². The molecule has 0 aliphatic heterocycles. The Morgan fingerprint density at radius 1 is 0.903 bits per heavy atom. The molecule has 31 heavy (non-hydrogen) atoms. The minimum atomic E-state index is -0.247. The second-order valence-electron chi connectivity index (χ2n) is 8.30. The molecule has 0 saturated heterocycles. The molecular formula is C27H27FN2O. The van der Waals surface area contributed by atoms with Crippen molar-refractivity contribution in [3.8, 4) is 11.1 Å². The Balaban J connectivity index is 1.45. The zero-order valence-corrected chi connectivity index (χ0v) is 18.4. The Morgan fingerprint density at radius 3 is 2.26 bits per heavy atom. The van der Waals surface area contributed by atoms with Crippen LogP contribution in [0.25, 0.3) is 22.0 Å². The third-order valence-electron chi connectivity index (χ3n) is 5.79. The Kier molecular flexibility index (Phi) is 5.64. The van der Waals surface area contributed by atoms with Crippen LogP contribution in [0.4, 0.5) is 4.39 Å². The maximum absolute atomic E-state index is 14.1. The summed E-state index contributed by atoms with van der Waals surface area (Å²) in [6.45, 7) is 8.59. The van der Waals surface area contributed by atoms with Gasteiger partial charge in [-0.05, 0) is 74.6 Å². The Bertz CT molecular complexity index is 1250. The highest BCUT2D eigenvalue weighted by Gasteiger charge is 2.14. The summed E-state index contributed by atoms with van der Waals surface area (Å²) in [6, 6.07) is 17.4. The van der Waals surface area contributed by atoms with E-state index in [4.69, 9.17) is 0 Å². The van der Waals surface area contributed by atoms with Crippen LogP contribution in [0.15, 0.2) is 54.6 Å². The normalized spacial score (nSPS) is 11.1. The van der Waals surface area contributed by atoms with Crippen molar-refractivity contribution in [3.63, 3.8) is 0 Å². The standard InChI is InChI=1S/C27H27FN2O/c1-16-13-17(2)15-22(14-16)20-6-8-21(9-7-20)27(31)29-12-11-23-19(4)30-26-24(28)10-5-18(3)25(23)26/h5-10,13-15,30H,11-12H2,1-4H3,(H,29,31). The zero-order chi connectivity index (χ0) is 22.1. The van der Waals surface area contributed by atoms with Crippen molar-refractivity contribution in [2.24, 2.45) is 0 Å².